The van der Waals surface area contributed by atoms with Crippen LogP contribution in [0.15, 0.2) is 24.3 Å². The van der Waals surface area contributed by atoms with E-state index in [1.807, 2.05) is 29.2 Å². The molecule has 0 aromatic heterocycles. The number of likely N-dealkylation sites (tertiary alicyclic amines) is 1. The number of aliphatic hydroxyl groups is 1. The number of carbonyl (C=O) groups is 2. The van der Waals surface area contributed by atoms with Gasteiger partial charge in [0.05, 0.1) is 18.8 Å². The molecule has 4 rings (SSSR count). The lowest BCUT2D eigenvalue weighted by Crippen LogP contribution is -2.63. The summed E-state index contributed by atoms with van der Waals surface area (Å²) in [5.41, 5.74) is 7.08. The van der Waals surface area contributed by atoms with Crippen molar-refractivity contribution in [1.82, 2.24) is 9.80 Å². The van der Waals surface area contributed by atoms with Gasteiger partial charge in [0, 0.05) is 56.5 Å². The molecule has 1 aliphatic carbocycles. The molecule has 0 unspecified atom stereocenters. The molecule has 1 saturated heterocycles. The molecule has 1 saturated carbocycles. The summed E-state index contributed by atoms with van der Waals surface area (Å²) < 4.78 is 5.81. The molecule has 2 fully saturated rings. The maximum absolute atomic E-state index is 12.7. The van der Waals surface area contributed by atoms with Crippen molar-refractivity contribution in [2.75, 3.05) is 32.8 Å². The van der Waals surface area contributed by atoms with Crippen molar-refractivity contribution < 1.29 is 19.4 Å². The molecule has 28 heavy (non-hydrogen) atoms. The van der Waals surface area contributed by atoms with Gasteiger partial charge >= 0.3 is 0 Å². The van der Waals surface area contributed by atoms with Crippen molar-refractivity contribution in [3.63, 3.8) is 0 Å². The molecule has 0 radical (unpaired) electrons. The summed E-state index contributed by atoms with van der Waals surface area (Å²) in [5.74, 6) is 0.0883. The Hall–Kier alpha value is -1.96. The van der Waals surface area contributed by atoms with Crippen molar-refractivity contribution in [2.24, 2.45) is 11.1 Å². The first-order valence-corrected chi connectivity index (χ1v) is 10.2. The van der Waals surface area contributed by atoms with Gasteiger partial charge in [0.2, 0.25) is 5.91 Å². The number of carbonyl (C=O) groups excluding carboxylic acids is 2. The fourth-order valence-electron chi connectivity index (χ4n) is 4.88. The van der Waals surface area contributed by atoms with E-state index < -0.39 is 0 Å². The number of nitrogens with zero attached hydrogens (tertiary/aromatic N) is 2. The van der Waals surface area contributed by atoms with E-state index in [9.17, 15) is 14.7 Å². The number of hydrogen-bond donors (Lipinski definition) is 2. The van der Waals surface area contributed by atoms with Crippen LogP contribution in [0.3, 0.4) is 0 Å². The first kappa shape index (κ1) is 19.4. The van der Waals surface area contributed by atoms with Gasteiger partial charge in [0.15, 0.2) is 0 Å². The molecule has 152 valence electrons. The predicted octanol–water partition coefficient (Wildman–Crippen LogP) is 0.750. The third-order valence-electron chi connectivity index (χ3n) is 6.72. The third-order valence-corrected chi connectivity index (χ3v) is 6.72. The summed E-state index contributed by atoms with van der Waals surface area (Å²) in [6.07, 6.45) is 2.19. The second kappa shape index (κ2) is 7.81. The molecule has 2 amide bonds. The van der Waals surface area contributed by atoms with E-state index in [2.05, 4.69) is 0 Å². The number of piperidine rings is 1. The highest BCUT2D eigenvalue weighted by molar-refractivity contribution is 5.98. The maximum atomic E-state index is 12.7. The van der Waals surface area contributed by atoms with Crippen LogP contribution in [0, 0.1) is 5.41 Å². The average molecular weight is 387 g/mol. The van der Waals surface area contributed by atoms with Crippen LogP contribution >= 0.6 is 0 Å². The zero-order chi connectivity index (χ0) is 19.7. The van der Waals surface area contributed by atoms with Crippen LogP contribution in [0.1, 0.15) is 41.6 Å². The number of benzene rings is 1. The molecule has 3 N–H and O–H groups in total. The van der Waals surface area contributed by atoms with E-state index >= 15 is 0 Å². The van der Waals surface area contributed by atoms with E-state index in [4.69, 9.17) is 10.5 Å². The highest BCUT2D eigenvalue weighted by atomic mass is 16.5. The van der Waals surface area contributed by atoms with E-state index in [1.165, 1.54) is 0 Å². The zero-order valence-corrected chi connectivity index (χ0v) is 16.2. The Kier molecular flexibility index (Phi) is 5.40. The molecule has 1 aromatic rings. The van der Waals surface area contributed by atoms with Gasteiger partial charge in [-0.25, -0.2) is 0 Å². The van der Waals surface area contributed by atoms with Crippen molar-refractivity contribution in [3.8, 4) is 0 Å². The molecule has 2 aliphatic heterocycles. The van der Waals surface area contributed by atoms with E-state index in [0.717, 1.165) is 24.0 Å². The first-order valence-electron chi connectivity index (χ1n) is 10.2. The molecule has 7 heteroatoms. The number of rotatable bonds is 6. The number of amides is 2. The molecule has 0 bridgehead atoms. The second-order valence-corrected chi connectivity index (χ2v) is 8.15. The van der Waals surface area contributed by atoms with E-state index in [1.54, 1.807) is 4.90 Å². The molecule has 3 aliphatic rings. The minimum Gasteiger partial charge on any atom is -0.392 e. The molecular weight excluding hydrogens is 358 g/mol. The van der Waals surface area contributed by atoms with Crippen LogP contribution in [0.25, 0.3) is 0 Å². The normalized spacial score (nSPS) is 25.7. The Morgan fingerprint density at radius 1 is 1.29 bits per heavy atom. The Bertz CT molecular complexity index is 745. The monoisotopic (exact) mass is 387 g/mol. The van der Waals surface area contributed by atoms with Crippen LogP contribution in [-0.2, 0) is 16.1 Å². The molecule has 1 spiro atoms. The van der Waals surface area contributed by atoms with Crippen molar-refractivity contribution in [3.05, 3.63) is 35.4 Å². The quantitative estimate of drug-likeness (QED) is 0.751. The van der Waals surface area contributed by atoms with Crippen molar-refractivity contribution in [1.29, 1.82) is 0 Å². The van der Waals surface area contributed by atoms with Gasteiger partial charge in [-0.05, 0) is 24.5 Å². The highest BCUT2D eigenvalue weighted by Crippen LogP contribution is 2.50. The summed E-state index contributed by atoms with van der Waals surface area (Å²) >= 11 is 0. The average Bonchev–Trinajstić information content (AvgIpc) is 3.05. The van der Waals surface area contributed by atoms with Crippen molar-refractivity contribution in [2.45, 2.75) is 44.4 Å². The summed E-state index contributed by atoms with van der Waals surface area (Å²) in [5, 5.41) is 10.3. The Balaban J connectivity index is 1.27. The second-order valence-electron chi connectivity index (χ2n) is 8.15. The smallest absolute Gasteiger partial charge is 0.254 e. The SMILES string of the molecule is NCCO[C@H]1C[C@@H](O)C12CCN(C(=O)CCN1Cc3ccccc3C1=O)CC2. The topological polar surface area (TPSA) is 96.1 Å². The largest absolute Gasteiger partial charge is 0.392 e. The summed E-state index contributed by atoms with van der Waals surface area (Å²) in [6.45, 7) is 3.27. The van der Waals surface area contributed by atoms with Gasteiger partial charge in [-0.15, -0.1) is 0 Å². The number of aliphatic hydroxyl groups excluding tert-OH is 1. The van der Waals surface area contributed by atoms with E-state index in [-0.39, 0.29) is 29.4 Å². The Labute approximate surface area is 165 Å². The maximum Gasteiger partial charge on any atom is 0.254 e. The molecule has 1 aromatic carbocycles. The Morgan fingerprint density at radius 2 is 2.04 bits per heavy atom. The van der Waals surface area contributed by atoms with Crippen molar-refractivity contribution >= 4 is 11.8 Å². The Morgan fingerprint density at radius 3 is 2.71 bits per heavy atom. The van der Waals surface area contributed by atoms with Crippen LogP contribution in [0.4, 0.5) is 0 Å². The van der Waals surface area contributed by atoms with Crippen LogP contribution in [0.5, 0.6) is 0 Å². The summed E-state index contributed by atoms with van der Waals surface area (Å²) in [7, 11) is 0. The highest BCUT2D eigenvalue weighted by Gasteiger charge is 2.56. The summed E-state index contributed by atoms with van der Waals surface area (Å²) in [4.78, 5) is 28.7. The van der Waals surface area contributed by atoms with Crippen LogP contribution < -0.4 is 5.73 Å². The first-order chi connectivity index (χ1) is 13.5. The third kappa shape index (κ3) is 3.32. The number of fused-ring (bicyclic) bond motifs is 1. The lowest BCUT2D eigenvalue weighted by molar-refractivity contribution is -0.210. The fraction of sp³-hybridized carbons (Fsp3) is 0.619. The zero-order valence-electron chi connectivity index (χ0n) is 16.2. The van der Waals surface area contributed by atoms with Gasteiger partial charge in [0.1, 0.15) is 0 Å². The lowest BCUT2D eigenvalue weighted by atomic mass is 9.58. The van der Waals surface area contributed by atoms with Gasteiger partial charge in [0.25, 0.3) is 5.91 Å². The van der Waals surface area contributed by atoms with Gasteiger partial charge in [-0.1, -0.05) is 18.2 Å². The van der Waals surface area contributed by atoms with Crippen LogP contribution in [-0.4, -0.2) is 71.7 Å². The van der Waals surface area contributed by atoms with Gasteiger partial charge in [-0.2, -0.15) is 0 Å². The number of ether oxygens (including phenoxy) is 1. The fourth-order valence-corrected chi connectivity index (χ4v) is 4.88. The van der Waals surface area contributed by atoms with Gasteiger partial charge in [-0.3, -0.25) is 9.59 Å². The minimum atomic E-state index is -0.353. The van der Waals surface area contributed by atoms with Gasteiger partial charge < -0.3 is 25.4 Å². The standard InChI is InChI=1S/C21H29N3O4/c22-8-12-28-18-13-17(25)21(18)6-10-23(11-7-21)19(26)5-9-24-14-15-3-1-2-4-16(15)20(24)27/h1-4,17-18,25H,5-14,22H2/t17-,18+/m1/s1. The molecule has 2 heterocycles. The minimum absolute atomic E-state index is 0.0125. The summed E-state index contributed by atoms with van der Waals surface area (Å²) in [6, 6.07) is 7.61. The van der Waals surface area contributed by atoms with E-state index in [0.29, 0.717) is 52.2 Å². The number of nitrogens with two attached hydrogens (primary N) is 1. The number of hydrogen-bond acceptors (Lipinski definition) is 5. The molecule has 7 nitrogen and oxygen atoms in total. The lowest BCUT2D eigenvalue weighted by Gasteiger charge is -2.56. The van der Waals surface area contributed by atoms with Crippen LogP contribution in [0.2, 0.25) is 0 Å². The molecule has 2 atom stereocenters. The predicted molar refractivity (Wildman–Crippen MR) is 103 cm³/mol. The molecular formula is C21H29N3O4.